The Morgan fingerprint density at radius 3 is 2.81 bits per heavy atom. The Labute approximate surface area is 95.9 Å². The molecule has 0 spiro atoms. The molecule has 0 unspecified atom stereocenters. The third kappa shape index (κ3) is 3.06. The van der Waals surface area contributed by atoms with Crippen molar-refractivity contribution < 1.29 is 0 Å². The van der Waals surface area contributed by atoms with E-state index in [2.05, 4.69) is 18.8 Å². The van der Waals surface area contributed by atoms with Crippen LogP contribution in [0.15, 0.2) is 17.2 Å². The predicted octanol–water partition coefficient (Wildman–Crippen LogP) is 0.294. The second-order valence-corrected chi connectivity index (χ2v) is 4.31. The van der Waals surface area contributed by atoms with Crippen molar-refractivity contribution >= 4 is 5.82 Å². The first-order chi connectivity index (χ1) is 7.56. The molecule has 90 valence electrons. The van der Waals surface area contributed by atoms with Crippen molar-refractivity contribution in [3.63, 3.8) is 0 Å². The number of rotatable bonds is 5. The van der Waals surface area contributed by atoms with E-state index in [0.29, 0.717) is 31.4 Å². The quantitative estimate of drug-likeness (QED) is 0.781. The van der Waals surface area contributed by atoms with E-state index in [1.807, 2.05) is 7.05 Å². The second-order valence-electron chi connectivity index (χ2n) is 4.31. The molecule has 0 fully saturated rings. The Morgan fingerprint density at radius 2 is 2.25 bits per heavy atom. The fourth-order valence-electron chi connectivity index (χ4n) is 1.53. The minimum Gasteiger partial charge on any atom is -0.354 e. The van der Waals surface area contributed by atoms with Gasteiger partial charge in [0.1, 0.15) is 0 Å². The van der Waals surface area contributed by atoms with Crippen LogP contribution in [0.3, 0.4) is 0 Å². The highest BCUT2D eigenvalue weighted by molar-refractivity contribution is 5.34. The zero-order valence-corrected chi connectivity index (χ0v) is 10.2. The maximum atomic E-state index is 12.0. The van der Waals surface area contributed by atoms with E-state index in [9.17, 15) is 4.79 Å². The van der Waals surface area contributed by atoms with E-state index < -0.39 is 0 Å². The average molecular weight is 224 g/mol. The molecule has 0 aliphatic rings. The van der Waals surface area contributed by atoms with Gasteiger partial charge in [-0.3, -0.25) is 4.79 Å². The lowest BCUT2D eigenvalue weighted by atomic mass is 10.2. The lowest BCUT2D eigenvalue weighted by Gasteiger charge is -2.17. The normalized spacial score (nSPS) is 10.8. The highest BCUT2D eigenvalue weighted by Gasteiger charge is 2.09. The molecular weight excluding hydrogens is 204 g/mol. The van der Waals surface area contributed by atoms with Gasteiger partial charge in [0.25, 0.3) is 5.56 Å². The number of anilines is 1. The summed E-state index contributed by atoms with van der Waals surface area (Å²) in [5.74, 6) is 0.904. The fraction of sp³-hybridized carbons (Fsp3) is 0.636. The summed E-state index contributed by atoms with van der Waals surface area (Å²) in [6.45, 7) is 6.02. The van der Waals surface area contributed by atoms with Gasteiger partial charge < -0.3 is 15.2 Å². The summed E-state index contributed by atoms with van der Waals surface area (Å²) in [5.41, 5.74) is 5.41. The van der Waals surface area contributed by atoms with E-state index >= 15 is 0 Å². The molecule has 1 aromatic rings. The van der Waals surface area contributed by atoms with Crippen molar-refractivity contribution in [2.24, 2.45) is 11.7 Å². The predicted molar refractivity (Wildman–Crippen MR) is 65.7 cm³/mol. The Balaban J connectivity index is 2.99. The van der Waals surface area contributed by atoms with Crippen molar-refractivity contribution in [1.29, 1.82) is 0 Å². The van der Waals surface area contributed by atoms with Gasteiger partial charge in [0.2, 0.25) is 0 Å². The van der Waals surface area contributed by atoms with Gasteiger partial charge in [0, 0.05) is 39.1 Å². The van der Waals surface area contributed by atoms with Crippen molar-refractivity contribution in [1.82, 2.24) is 9.55 Å². The topological polar surface area (TPSA) is 64.2 Å². The SMILES string of the molecule is CC(C)Cn1ccnc(N(C)CCN)c1=O. The van der Waals surface area contributed by atoms with Crippen LogP contribution in [0.5, 0.6) is 0 Å². The summed E-state index contributed by atoms with van der Waals surface area (Å²) >= 11 is 0. The molecule has 0 atom stereocenters. The largest absolute Gasteiger partial charge is 0.354 e. The lowest BCUT2D eigenvalue weighted by Crippen LogP contribution is -2.34. The van der Waals surface area contributed by atoms with Crippen LogP contribution in [0, 0.1) is 5.92 Å². The van der Waals surface area contributed by atoms with Gasteiger partial charge >= 0.3 is 0 Å². The molecule has 0 amide bonds. The molecule has 0 saturated heterocycles. The second kappa shape index (κ2) is 5.65. The van der Waals surface area contributed by atoms with Crippen LogP contribution in [0.1, 0.15) is 13.8 Å². The molecule has 0 aliphatic carbocycles. The van der Waals surface area contributed by atoms with Crippen LogP contribution in [0.4, 0.5) is 5.82 Å². The van der Waals surface area contributed by atoms with E-state index in [4.69, 9.17) is 5.73 Å². The number of nitrogens with two attached hydrogens (primary N) is 1. The number of likely N-dealkylation sites (N-methyl/N-ethyl adjacent to an activating group) is 1. The molecule has 0 saturated carbocycles. The number of aromatic nitrogens is 2. The summed E-state index contributed by atoms with van der Waals surface area (Å²) < 4.78 is 1.69. The molecule has 2 N–H and O–H groups in total. The molecule has 1 rings (SSSR count). The smallest absolute Gasteiger partial charge is 0.293 e. The zero-order valence-electron chi connectivity index (χ0n) is 10.2. The Kier molecular flexibility index (Phi) is 4.49. The van der Waals surface area contributed by atoms with Crippen molar-refractivity contribution in [2.75, 3.05) is 25.0 Å². The molecule has 5 nitrogen and oxygen atoms in total. The zero-order chi connectivity index (χ0) is 12.1. The molecule has 1 aromatic heterocycles. The van der Waals surface area contributed by atoms with E-state index in [-0.39, 0.29) is 5.56 Å². The van der Waals surface area contributed by atoms with Crippen LogP contribution < -0.4 is 16.2 Å². The Bertz CT molecular complexity index is 386. The maximum Gasteiger partial charge on any atom is 0.293 e. The van der Waals surface area contributed by atoms with Gasteiger partial charge in [-0.25, -0.2) is 4.98 Å². The molecule has 0 aromatic carbocycles. The summed E-state index contributed by atoms with van der Waals surface area (Å²) in [7, 11) is 1.83. The number of hydrogen-bond donors (Lipinski definition) is 1. The van der Waals surface area contributed by atoms with Gasteiger partial charge in [-0.15, -0.1) is 0 Å². The fourth-order valence-corrected chi connectivity index (χ4v) is 1.53. The summed E-state index contributed by atoms with van der Waals surface area (Å²) in [6, 6.07) is 0. The van der Waals surface area contributed by atoms with E-state index in [0.717, 1.165) is 0 Å². The van der Waals surface area contributed by atoms with Crippen LogP contribution in [0.25, 0.3) is 0 Å². The molecule has 1 heterocycles. The molecular formula is C11H20N4O. The lowest BCUT2D eigenvalue weighted by molar-refractivity contribution is 0.508. The standard InChI is InChI=1S/C11H20N4O/c1-9(2)8-15-7-5-13-10(11(15)16)14(3)6-4-12/h5,7,9H,4,6,8,12H2,1-3H3. The summed E-state index contributed by atoms with van der Waals surface area (Å²) in [6.07, 6.45) is 3.38. The van der Waals surface area contributed by atoms with Crippen LogP contribution >= 0.6 is 0 Å². The minimum atomic E-state index is -0.0489. The first-order valence-electron chi connectivity index (χ1n) is 5.53. The van der Waals surface area contributed by atoms with Crippen LogP contribution in [-0.4, -0.2) is 29.7 Å². The molecule has 0 aliphatic heterocycles. The van der Waals surface area contributed by atoms with Crippen molar-refractivity contribution in [3.8, 4) is 0 Å². The minimum absolute atomic E-state index is 0.0489. The Morgan fingerprint density at radius 1 is 1.56 bits per heavy atom. The number of hydrogen-bond acceptors (Lipinski definition) is 4. The monoisotopic (exact) mass is 224 g/mol. The van der Waals surface area contributed by atoms with Gasteiger partial charge in [-0.2, -0.15) is 0 Å². The maximum absolute atomic E-state index is 12.0. The van der Waals surface area contributed by atoms with Crippen molar-refractivity contribution in [2.45, 2.75) is 20.4 Å². The molecule has 0 radical (unpaired) electrons. The third-order valence-electron chi connectivity index (χ3n) is 2.28. The first-order valence-corrected chi connectivity index (χ1v) is 5.53. The highest BCUT2D eigenvalue weighted by atomic mass is 16.1. The molecule has 16 heavy (non-hydrogen) atoms. The van der Waals surface area contributed by atoms with Gasteiger partial charge in [0.15, 0.2) is 5.82 Å². The summed E-state index contributed by atoms with van der Waals surface area (Å²) in [5, 5.41) is 0. The van der Waals surface area contributed by atoms with E-state index in [1.165, 1.54) is 0 Å². The van der Waals surface area contributed by atoms with Gasteiger partial charge in [-0.1, -0.05) is 13.8 Å². The highest BCUT2D eigenvalue weighted by Crippen LogP contribution is 2.01. The summed E-state index contributed by atoms with van der Waals surface area (Å²) in [4.78, 5) is 17.9. The first kappa shape index (κ1) is 12.7. The number of nitrogens with zero attached hydrogens (tertiary/aromatic N) is 3. The average Bonchev–Trinajstić information content (AvgIpc) is 2.21. The van der Waals surface area contributed by atoms with Gasteiger partial charge in [0.05, 0.1) is 0 Å². The molecule has 0 bridgehead atoms. The van der Waals surface area contributed by atoms with Crippen molar-refractivity contribution in [3.05, 3.63) is 22.7 Å². The van der Waals surface area contributed by atoms with Crippen LogP contribution in [-0.2, 0) is 6.54 Å². The van der Waals surface area contributed by atoms with E-state index in [1.54, 1.807) is 21.9 Å². The third-order valence-corrected chi connectivity index (χ3v) is 2.28. The molecule has 5 heteroatoms. The van der Waals surface area contributed by atoms with Gasteiger partial charge in [-0.05, 0) is 5.92 Å². The Hall–Kier alpha value is -1.36. The van der Waals surface area contributed by atoms with Crippen LogP contribution in [0.2, 0.25) is 0 Å².